The van der Waals surface area contributed by atoms with E-state index in [1.165, 1.54) is 7.11 Å². The number of hydrogen-bond donors (Lipinski definition) is 3. The first-order valence-corrected chi connectivity index (χ1v) is 11.2. The normalized spacial score (nSPS) is 11.8. The van der Waals surface area contributed by atoms with Crippen LogP contribution in [0.5, 0.6) is 5.75 Å². The summed E-state index contributed by atoms with van der Waals surface area (Å²) >= 11 is 12.3. The van der Waals surface area contributed by atoms with Crippen molar-refractivity contribution >= 4 is 29.1 Å². The Bertz CT molecular complexity index is 1340. The highest BCUT2D eigenvalue weighted by Crippen LogP contribution is 2.35. The lowest BCUT2D eigenvalue weighted by Gasteiger charge is -2.17. The van der Waals surface area contributed by atoms with Crippen LogP contribution in [0.4, 0.5) is 0 Å². The van der Waals surface area contributed by atoms with Gasteiger partial charge >= 0.3 is 0 Å². The highest BCUT2D eigenvalue weighted by molar-refractivity contribution is 6.32. The topological polar surface area (TPSA) is 100 Å². The molecule has 3 N–H and O–H groups in total. The van der Waals surface area contributed by atoms with Crippen LogP contribution in [0.1, 0.15) is 27.5 Å². The van der Waals surface area contributed by atoms with Gasteiger partial charge in [0.05, 0.1) is 47.3 Å². The zero-order chi connectivity index (χ0) is 24.2. The first-order chi connectivity index (χ1) is 16.4. The third kappa shape index (κ3) is 4.77. The van der Waals surface area contributed by atoms with E-state index in [1.54, 1.807) is 54.9 Å². The monoisotopic (exact) mass is 496 g/mol. The SMILES string of the molecule is COc1c(Cl)cccc1-c1ncc(C)c(-c2[nH]ccc2C(=O)NC(CO)c2cccc(Cl)c2)n1. The molecule has 0 aliphatic rings. The van der Waals surface area contributed by atoms with Crippen LogP contribution in [0.2, 0.25) is 10.0 Å². The summed E-state index contributed by atoms with van der Waals surface area (Å²) in [5.41, 5.74) is 3.58. The molecule has 0 radical (unpaired) electrons. The zero-order valence-electron chi connectivity index (χ0n) is 18.5. The third-order valence-electron chi connectivity index (χ3n) is 5.35. The molecule has 1 unspecified atom stereocenters. The number of ether oxygens (including phenoxy) is 1. The number of aliphatic hydroxyl groups excluding tert-OH is 1. The molecule has 0 saturated heterocycles. The lowest BCUT2D eigenvalue weighted by Crippen LogP contribution is -2.31. The molecule has 2 heterocycles. The van der Waals surface area contributed by atoms with E-state index >= 15 is 0 Å². The van der Waals surface area contributed by atoms with Gasteiger partial charge in [0.2, 0.25) is 0 Å². The molecule has 9 heteroatoms. The smallest absolute Gasteiger partial charge is 0.254 e. The number of aromatic amines is 1. The maximum Gasteiger partial charge on any atom is 0.254 e. The summed E-state index contributed by atoms with van der Waals surface area (Å²) in [6, 6.07) is 13.4. The Hall–Kier alpha value is -3.39. The lowest BCUT2D eigenvalue weighted by atomic mass is 10.1. The summed E-state index contributed by atoms with van der Waals surface area (Å²) in [5, 5.41) is 13.7. The maximum atomic E-state index is 13.2. The van der Waals surface area contributed by atoms with Gasteiger partial charge in [0, 0.05) is 17.4 Å². The number of aryl methyl sites for hydroxylation is 1. The Labute approximate surface area is 206 Å². The van der Waals surface area contributed by atoms with E-state index in [4.69, 9.17) is 32.9 Å². The highest BCUT2D eigenvalue weighted by Gasteiger charge is 2.22. The van der Waals surface area contributed by atoms with E-state index in [2.05, 4.69) is 15.3 Å². The Morgan fingerprint density at radius 3 is 2.74 bits per heavy atom. The molecule has 0 bridgehead atoms. The first kappa shape index (κ1) is 23.8. The van der Waals surface area contributed by atoms with Gasteiger partial charge in [0.1, 0.15) is 5.75 Å². The predicted molar refractivity (Wildman–Crippen MR) is 132 cm³/mol. The number of H-pyrrole nitrogens is 1. The number of aromatic nitrogens is 3. The second-order valence-corrected chi connectivity index (χ2v) is 8.42. The Kier molecular flexibility index (Phi) is 7.17. The molecule has 2 aromatic heterocycles. The van der Waals surface area contributed by atoms with Crippen molar-refractivity contribution < 1.29 is 14.6 Å². The fourth-order valence-corrected chi connectivity index (χ4v) is 4.12. The van der Waals surface area contributed by atoms with E-state index in [-0.39, 0.29) is 12.5 Å². The standard InChI is InChI=1S/C25H22Cl2N4O3/c1-14-12-29-24(18-7-4-8-19(27)23(18)34-2)31-21(14)22-17(9-10-28-22)25(33)30-20(13-32)15-5-3-6-16(26)11-15/h3-12,20,28,32H,13H2,1-2H3,(H,30,33). The summed E-state index contributed by atoms with van der Waals surface area (Å²) in [5.74, 6) is 0.513. The second kappa shape index (κ2) is 10.3. The molecule has 174 valence electrons. The van der Waals surface area contributed by atoms with Crippen LogP contribution in [0.15, 0.2) is 60.9 Å². The van der Waals surface area contributed by atoms with Crippen molar-refractivity contribution in [1.82, 2.24) is 20.3 Å². The van der Waals surface area contributed by atoms with Crippen molar-refractivity contribution in [2.45, 2.75) is 13.0 Å². The molecule has 0 aliphatic heterocycles. The number of aliphatic hydroxyl groups is 1. The number of benzene rings is 2. The molecule has 0 saturated carbocycles. The highest BCUT2D eigenvalue weighted by atomic mass is 35.5. The fourth-order valence-electron chi connectivity index (χ4n) is 3.67. The number of hydrogen-bond acceptors (Lipinski definition) is 5. The zero-order valence-corrected chi connectivity index (χ0v) is 20.0. The van der Waals surface area contributed by atoms with Gasteiger partial charge in [-0.25, -0.2) is 9.97 Å². The van der Waals surface area contributed by atoms with Crippen molar-refractivity contribution in [3.05, 3.63) is 87.7 Å². The van der Waals surface area contributed by atoms with Crippen LogP contribution in [0.25, 0.3) is 22.8 Å². The molecular weight excluding hydrogens is 475 g/mol. The average Bonchev–Trinajstić information content (AvgIpc) is 3.32. The van der Waals surface area contributed by atoms with E-state index in [9.17, 15) is 9.90 Å². The molecule has 0 fully saturated rings. The average molecular weight is 497 g/mol. The molecular formula is C25H22Cl2N4O3. The van der Waals surface area contributed by atoms with Gasteiger partial charge < -0.3 is 20.1 Å². The van der Waals surface area contributed by atoms with Gasteiger partial charge in [-0.05, 0) is 48.4 Å². The van der Waals surface area contributed by atoms with Gasteiger partial charge in [0.25, 0.3) is 5.91 Å². The second-order valence-electron chi connectivity index (χ2n) is 7.58. The van der Waals surface area contributed by atoms with Gasteiger partial charge in [0.15, 0.2) is 5.82 Å². The number of para-hydroxylation sites is 1. The van der Waals surface area contributed by atoms with E-state index in [1.807, 2.05) is 13.0 Å². The number of amides is 1. The van der Waals surface area contributed by atoms with Crippen molar-refractivity contribution in [3.63, 3.8) is 0 Å². The number of rotatable bonds is 7. The molecule has 0 spiro atoms. The van der Waals surface area contributed by atoms with Gasteiger partial charge in [-0.3, -0.25) is 4.79 Å². The van der Waals surface area contributed by atoms with Crippen LogP contribution >= 0.6 is 23.2 Å². The van der Waals surface area contributed by atoms with Gasteiger partial charge in [-0.1, -0.05) is 41.4 Å². The summed E-state index contributed by atoms with van der Waals surface area (Å²) in [4.78, 5) is 25.5. The van der Waals surface area contributed by atoms with Crippen molar-refractivity contribution in [2.24, 2.45) is 0 Å². The first-order valence-electron chi connectivity index (χ1n) is 10.4. The number of nitrogens with one attached hydrogen (secondary N) is 2. The van der Waals surface area contributed by atoms with Gasteiger partial charge in [-0.15, -0.1) is 0 Å². The number of carbonyl (C=O) groups is 1. The van der Waals surface area contributed by atoms with Crippen molar-refractivity contribution in [1.29, 1.82) is 0 Å². The number of carbonyl (C=O) groups excluding carboxylic acids is 1. The van der Waals surface area contributed by atoms with Crippen LogP contribution in [-0.2, 0) is 0 Å². The Balaban J connectivity index is 1.69. The van der Waals surface area contributed by atoms with Crippen LogP contribution in [0.3, 0.4) is 0 Å². The molecule has 0 aliphatic carbocycles. The van der Waals surface area contributed by atoms with Crippen LogP contribution in [0, 0.1) is 6.92 Å². The number of methoxy groups -OCH3 is 1. The predicted octanol–water partition coefficient (Wildman–Crippen LogP) is 5.23. The lowest BCUT2D eigenvalue weighted by molar-refractivity contribution is 0.0917. The largest absolute Gasteiger partial charge is 0.494 e. The Morgan fingerprint density at radius 1 is 1.21 bits per heavy atom. The quantitative estimate of drug-likeness (QED) is 0.325. The van der Waals surface area contributed by atoms with Crippen LogP contribution < -0.4 is 10.1 Å². The molecule has 34 heavy (non-hydrogen) atoms. The molecule has 4 aromatic rings. The van der Waals surface area contributed by atoms with E-state index in [0.717, 1.165) is 5.56 Å². The van der Waals surface area contributed by atoms with Crippen molar-refractivity contribution in [3.8, 4) is 28.5 Å². The van der Waals surface area contributed by atoms with E-state index < -0.39 is 6.04 Å². The van der Waals surface area contributed by atoms with E-state index in [0.29, 0.717) is 49.7 Å². The van der Waals surface area contributed by atoms with Crippen molar-refractivity contribution in [2.75, 3.05) is 13.7 Å². The van der Waals surface area contributed by atoms with Crippen LogP contribution in [-0.4, -0.2) is 39.7 Å². The molecule has 2 aromatic carbocycles. The minimum absolute atomic E-state index is 0.281. The third-order valence-corrected chi connectivity index (χ3v) is 5.88. The summed E-state index contributed by atoms with van der Waals surface area (Å²) in [6.45, 7) is 1.58. The fraction of sp³-hybridized carbons (Fsp3) is 0.160. The molecule has 7 nitrogen and oxygen atoms in total. The number of halogens is 2. The molecule has 1 atom stereocenters. The minimum atomic E-state index is -0.619. The summed E-state index contributed by atoms with van der Waals surface area (Å²) < 4.78 is 5.44. The minimum Gasteiger partial charge on any atom is -0.494 e. The van der Waals surface area contributed by atoms with Gasteiger partial charge in [-0.2, -0.15) is 0 Å². The summed E-state index contributed by atoms with van der Waals surface area (Å²) in [7, 11) is 1.53. The maximum absolute atomic E-state index is 13.2. The Morgan fingerprint density at radius 2 is 2.00 bits per heavy atom. The molecule has 4 rings (SSSR count). The number of nitrogens with zero attached hydrogens (tertiary/aromatic N) is 2. The summed E-state index contributed by atoms with van der Waals surface area (Å²) in [6.07, 6.45) is 3.35. The molecule has 1 amide bonds.